The number of ether oxygens (including phenoxy) is 1. The number of rotatable bonds is 6. The standard InChI is InChI=1S/C13H17F4NO/c1-3-18-9(2)11-8-10(14)4-5-12(11)19-7-6-13(15,16)17/h4-5,8-9,18H,3,6-7H2,1-2H3. The lowest BCUT2D eigenvalue weighted by Gasteiger charge is -2.18. The summed E-state index contributed by atoms with van der Waals surface area (Å²) >= 11 is 0. The van der Waals surface area contributed by atoms with E-state index >= 15 is 0 Å². The summed E-state index contributed by atoms with van der Waals surface area (Å²) in [6.07, 6.45) is -5.28. The fourth-order valence-corrected chi connectivity index (χ4v) is 1.68. The molecule has 0 heterocycles. The van der Waals surface area contributed by atoms with Crippen LogP contribution in [0.5, 0.6) is 5.75 Å². The van der Waals surface area contributed by atoms with Gasteiger partial charge in [-0.1, -0.05) is 6.92 Å². The maximum Gasteiger partial charge on any atom is 0.392 e. The number of benzene rings is 1. The fraction of sp³-hybridized carbons (Fsp3) is 0.538. The van der Waals surface area contributed by atoms with Gasteiger partial charge in [-0.05, 0) is 31.7 Å². The van der Waals surface area contributed by atoms with Crippen LogP contribution in [0, 0.1) is 5.82 Å². The minimum absolute atomic E-state index is 0.193. The van der Waals surface area contributed by atoms with E-state index in [2.05, 4.69) is 5.32 Å². The molecule has 19 heavy (non-hydrogen) atoms. The summed E-state index contributed by atoms with van der Waals surface area (Å²) in [5.74, 6) is -0.165. The van der Waals surface area contributed by atoms with E-state index in [1.807, 2.05) is 6.92 Å². The maximum absolute atomic E-state index is 13.2. The topological polar surface area (TPSA) is 21.3 Å². The van der Waals surface area contributed by atoms with E-state index in [1.165, 1.54) is 18.2 Å². The lowest BCUT2D eigenvalue weighted by molar-refractivity contribution is -0.139. The van der Waals surface area contributed by atoms with Gasteiger partial charge in [0.15, 0.2) is 0 Å². The monoisotopic (exact) mass is 279 g/mol. The first-order valence-corrected chi connectivity index (χ1v) is 6.06. The van der Waals surface area contributed by atoms with Crippen LogP contribution in [-0.4, -0.2) is 19.3 Å². The van der Waals surface area contributed by atoms with E-state index in [9.17, 15) is 17.6 Å². The smallest absolute Gasteiger partial charge is 0.392 e. The van der Waals surface area contributed by atoms with Crippen molar-refractivity contribution in [2.24, 2.45) is 0 Å². The molecule has 6 heteroatoms. The van der Waals surface area contributed by atoms with Gasteiger partial charge >= 0.3 is 6.18 Å². The Morgan fingerprint density at radius 1 is 1.32 bits per heavy atom. The molecule has 1 aromatic rings. The van der Waals surface area contributed by atoms with Crippen molar-refractivity contribution < 1.29 is 22.3 Å². The van der Waals surface area contributed by atoms with Crippen molar-refractivity contribution in [3.05, 3.63) is 29.6 Å². The number of halogens is 4. The second-order valence-electron chi connectivity index (χ2n) is 4.18. The van der Waals surface area contributed by atoms with Crippen molar-refractivity contribution in [2.45, 2.75) is 32.5 Å². The van der Waals surface area contributed by atoms with E-state index in [4.69, 9.17) is 4.74 Å². The molecule has 0 aliphatic carbocycles. The molecule has 0 spiro atoms. The second-order valence-corrected chi connectivity index (χ2v) is 4.18. The van der Waals surface area contributed by atoms with Crippen LogP contribution in [0.2, 0.25) is 0 Å². The van der Waals surface area contributed by atoms with Crippen molar-refractivity contribution in [3.63, 3.8) is 0 Å². The van der Waals surface area contributed by atoms with Gasteiger partial charge in [0.05, 0.1) is 13.0 Å². The first kappa shape index (κ1) is 15.8. The third kappa shape index (κ3) is 5.46. The van der Waals surface area contributed by atoms with Crippen LogP contribution in [0.4, 0.5) is 17.6 Å². The molecule has 0 fully saturated rings. The van der Waals surface area contributed by atoms with Crippen LogP contribution in [0.15, 0.2) is 18.2 Å². The Kier molecular flexibility index (Phi) is 5.60. The normalized spacial score (nSPS) is 13.4. The van der Waals surface area contributed by atoms with Crippen molar-refractivity contribution in [2.75, 3.05) is 13.2 Å². The SMILES string of the molecule is CCNC(C)c1cc(F)ccc1OCCC(F)(F)F. The third-order valence-corrected chi connectivity index (χ3v) is 2.59. The zero-order chi connectivity index (χ0) is 14.5. The summed E-state index contributed by atoms with van der Waals surface area (Å²) in [5, 5.41) is 3.07. The van der Waals surface area contributed by atoms with Gasteiger partial charge in [-0.2, -0.15) is 13.2 Å². The van der Waals surface area contributed by atoms with E-state index in [-0.39, 0.29) is 11.8 Å². The van der Waals surface area contributed by atoms with Gasteiger partial charge in [0.2, 0.25) is 0 Å². The number of alkyl halides is 3. The van der Waals surface area contributed by atoms with Crippen LogP contribution < -0.4 is 10.1 Å². The summed E-state index contributed by atoms with van der Waals surface area (Å²) in [7, 11) is 0. The molecule has 0 aromatic heterocycles. The second kappa shape index (κ2) is 6.75. The molecule has 0 aliphatic rings. The Morgan fingerprint density at radius 3 is 2.58 bits per heavy atom. The minimum atomic E-state index is -4.26. The summed E-state index contributed by atoms with van der Waals surface area (Å²) in [4.78, 5) is 0. The molecule has 0 amide bonds. The first-order chi connectivity index (χ1) is 8.83. The van der Waals surface area contributed by atoms with Crippen molar-refractivity contribution in [3.8, 4) is 5.75 Å². The first-order valence-electron chi connectivity index (χ1n) is 6.06. The van der Waals surface area contributed by atoms with Crippen molar-refractivity contribution in [1.29, 1.82) is 0 Å². The van der Waals surface area contributed by atoms with Crippen molar-refractivity contribution >= 4 is 0 Å². The average Bonchev–Trinajstić information content (AvgIpc) is 2.29. The van der Waals surface area contributed by atoms with E-state index in [0.29, 0.717) is 12.1 Å². The minimum Gasteiger partial charge on any atom is -0.493 e. The largest absolute Gasteiger partial charge is 0.493 e. The Bertz CT molecular complexity index is 406. The molecule has 1 unspecified atom stereocenters. The molecule has 0 saturated carbocycles. The Balaban J connectivity index is 2.76. The van der Waals surface area contributed by atoms with E-state index in [0.717, 1.165) is 0 Å². The molecule has 108 valence electrons. The zero-order valence-electron chi connectivity index (χ0n) is 10.9. The Morgan fingerprint density at radius 2 is 2.00 bits per heavy atom. The average molecular weight is 279 g/mol. The van der Waals surface area contributed by atoms with Gasteiger partial charge in [0.1, 0.15) is 11.6 Å². The molecular formula is C13H17F4NO. The lowest BCUT2D eigenvalue weighted by Crippen LogP contribution is -2.19. The van der Waals surface area contributed by atoms with Gasteiger partial charge in [-0.3, -0.25) is 0 Å². The molecule has 1 atom stereocenters. The van der Waals surface area contributed by atoms with Crippen molar-refractivity contribution in [1.82, 2.24) is 5.32 Å². The van der Waals surface area contributed by atoms with Crippen LogP contribution in [-0.2, 0) is 0 Å². The highest BCUT2D eigenvalue weighted by molar-refractivity contribution is 5.36. The fourth-order valence-electron chi connectivity index (χ4n) is 1.68. The highest BCUT2D eigenvalue weighted by Gasteiger charge is 2.27. The highest BCUT2D eigenvalue weighted by Crippen LogP contribution is 2.27. The quantitative estimate of drug-likeness (QED) is 0.799. The molecule has 0 radical (unpaired) electrons. The van der Waals surface area contributed by atoms with Gasteiger partial charge < -0.3 is 10.1 Å². The maximum atomic E-state index is 13.2. The Hall–Kier alpha value is -1.30. The van der Waals surface area contributed by atoms with Gasteiger partial charge in [0, 0.05) is 11.6 Å². The predicted molar refractivity (Wildman–Crippen MR) is 64.7 cm³/mol. The molecule has 1 aromatic carbocycles. The summed E-state index contributed by atoms with van der Waals surface area (Å²) in [6.45, 7) is 3.88. The zero-order valence-corrected chi connectivity index (χ0v) is 10.9. The molecule has 0 aliphatic heterocycles. The number of hydrogen-bond acceptors (Lipinski definition) is 2. The lowest BCUT2D eigenvalue weighted by atomic mass is 10.1. The van der Waals surface area contributed by atoms with E-state index in [1.54, 1.807) is 6.92 Å². The van der Waals surface area contributed by atoms with E-state index < -0.39 is 25.0 Å². The molecule has 0 bridgehead atoms. The summed E-state index contributed by atoms with van der Waals surface area (Å²) in [6, 6.07) is 3.61. The van der Waals surface area contributed by atoms with Crippen LogP contribution in [0.3, 0.4) is 0 Å². The Labute approximate surface area is 109 Å². The number of hydrogen-bond donors (Lipinski definition) is 1. The molecule has 1 rings (SSSR count). The molecule has 2 nitrogen and oxygen atoms in total. The molecule has 0 saturated heterocycles. The summed E-state index contributed by atoms with van der Waals surface area (Å²) in [5.41, 5.74) is 0.518. The van der Waals surface area contributed by atoms with Crippen LogP contribution in [0.1, 0.15) is 31.9 Å². The van der Waals surface area contributed by atoms with Gasteiger partial charge in [-0.15, -0.1) is 0 Å². The van der Waals surface area contributed by atoms with Gasteiger partial charge in [-0.25, -0.2) is 4.39 Å². The predicted octanol–water partition coefficient (Wildman–Crippen LogP) is 3.83. The van der Waals surface area contributed by atoms with Gasteiger partial charge in [0.25, 0.3) is 0 Å². The third-order valence-electron chi connectivity index (χ3n) is 2.59. The molecular weight excluding hydrogens is 262 g/mol. The summed E-state index contributed by atoms with van der Waals surface area (Å²) < 4.78 is 54.5. The van der Waals surface area contributed by atoms with Crippen LogP contribution >= 0.6 is 0 Å². The highest BCUT2D eigenvalue weighted by atomic mass is 19.4. The van der Waals surface area contributed by atoms with Crippen LogP contribution in [0.25, 0.3) is 0 Å². The molecule has 1 N–H and O–H groups in total. The number of nitrogens with one attached hydrogen (secondary N) is 1.